The Morgan fingerprint density at radius 1 is 1.12 bits per heavy atom. The van der Waals surface area contributed by atoms with Crippen LogP contribution in [0.15, 0.2) is 47.8 Å². The Balaban J connectivity index is 1.67. The van der Waals surface area contributed by atoms with E-state index in [-0.39, 0.29) is 11.9 Å². The lowest BCUT2D eigenvalue weighted by atomic mass is 10.0. The zero-order valence-corrected chi connectivity index (χ0v) is 16.6. The van der Waals surface area contributed by atoms with Crippen molar-refractivity contribution < 1.29 is 4.79 Å². The van der Waals surface area contributed by atoms with Gasteiger partial charge >= 0.3 is 0 Å². The molecule has 0 spiro atoms. The number of thiophene rings is 1. The van der Waals surface area contributed by atoms with E-state index < -0.39 is 0 Å². The van der Waals surface area contributed by atoms with Crippen molar-refractivity contribution in [2.45, 2.75) is 25.9 Å². The number of amides is 1. The summed E-state index contributed by atoms with van der Waals surface area (Å²) in [6.07, 6.45) is 1.04. The van der Waals surface area contributed by atoms with E-state index in [1.165, 1.54) is 4.88 Å². The SMILES string of the molecule is CCN(C)C(C(=O)N1CCCN(Cc2cccs2)CC1)c1ccccc1. The average molecular weight is 372 g/mol. The Bertz CT molecular complexity index is 674. The first-order chi connectivity index (χ1) is 12.7. The molecule has 0 saturated carbocycles. The normalized spacial score (nSPS) is 17.3. The molecule has 1 atom stereocenters. The number of rotatable bonds is 6. The highest BCUT2D eigenvalue weighted by atomic mass is 32.1. The standard InChI is InChI=1S/C21H29N3OS/c1-3-22(2)20(18-9-5-4-6-10-18)21(25)24-13-8-12-23(14-15-24)17-19-11-7-16-26-19/h4-7,9-11,16,20H,3,8,12-15,17H2,1-2H3. The highest BCUT2D eigenvalue weighted by Crippen LogP contribution is 2.23. The van der Waals surface area contributed by atoms with Crippen LogP contribution >= 0.6 is 11.3 Å². The molecule has 1 aliphatic heterocycles. The minimum Gasteiger partial charge on any atom is -0.340 e. The van der Waals surface area contributed by atoms with Gasteiger partial charge in [0.2, 0.25) is 5.91 Å². The number of hydrogen-bond acceptors (Lipinski definition) is 4. The third-order valence-corrected chi connectivity index (χ3v) is 6.01. The van der Waals surface area contributed by atoms with E-state index in [0.29, 0.717) is 0 Å². The lowest BCUT2D eigenvalue weighted by Crippen LogP contribution is -2.43. The summed E-state index contributed by atoms with van der Waals surface area (Å²) in [7, 11) is 2.04. The van der Waals surface area contributed by atoms with Gasteiger partial charge in [-0.05, 0) is 37.0 Å². The Morgan fingerprint density at radius 3 is 2.62 bits per heavy atom. The molecule has 0 radical (unpaired) electrons. The molecular weight excluding hydrogens is 342 g/mol. The maximum absolute atomic E-state index is 13.3. The van der Waals surface area contributed by atoms with Crippen LogP contribution in [0.25, 0.3) is 0 Å². The van der Waals surface area contributed by atoms with E-state index in [0.717, 1.165) is 51.3 Å². The minimum atomic E-state index is -0.190. The van der Waals surface area contributed by atoms with Crippen molar-refractivity contribution >= 4 is 17.2 Å². The van der Waals surface area contributed by atoms with Gasteiger partial charge in [-0.25, -0.2) is 0 Å². The van der Waals surface area contributed by atoms with E-state index in [9.17, 15) is 4.79 Å². The highest BCUT2D eigenvalue weighted by molar-refractivity contribution is 7.09. The van der Waals surface area contributed by atoms with Gasteiger partial charge in [0, 0.05) is 37.6 Å². The quantitative estimate of drug-likeness (QED) is 0.778. The number of hydrogen-bond donors (Lipinski definition) is 0. The zero-order chi connectivity index (χ0) is 18.4. The summed E-state index contributed by atoms with van der Waals surface area (Å²) in [6, 6.07) is 14.3. The third kappa shape index (κ3) is 4.72. The second-order valence-corrected chi connectivity index (χ2v) is 7.95. The van der Waals surface area contributed by atoms with Gasteiger partial charge < -0.3 is 4.90 Å². The van der Waals surface area contributed by atoms with E-state index in [2.05, 4.69) is 51.3 Å². The summed E-state index contributed by atoms with van der Waals surface area (Å²) in [4.78, 5) is 21.4. The molecule has 0 aliphatic carbocycles. The predicted molar refractivity (Wildman–Crippen MR) is 108 cm³/mol. The first-order valence-corrected chi connectivity index (χ1v) is 10.4. The Kier molecular flexibility index (Phi) is 6.83. The van der Waals surface area contributed by atoms with Crippen molar-refractivity contribution in [3.63, 3.8) is 0 Å². The number of likely N-dealkylation sites (N-methyl/N-ethyl adjacent to an activating group) is 1. The van der Waals surface area contributed by atoms with Crippen LogP contribution in [0.5, 0.6) is 0 Å². The molecule has 26 heavy (non-hydrogen) atoms. The second kappa shape index (κ2) is 9.31. The van der Waals surface area contributed by atoms with Crippen LogP contribution in [0, 0.1) is 0 Å². The third-order valence-electron chi connectivity index (χ3n) is 5.15. The topological polar surface area (TPSA) is 26.8 Å². The molecule has 4 nitrogen and oxygen atoms in total. The van der Waals surface area contributed by atoms with Gasteiger partial charge in [0.15, 0.2) is 0 Å². The Labute approximate surface area is 161 Å². The summed E-state index contributed by atoms with van der Waals surface area (Å²) in [5.41, 5.74) is 1.08. The first kappa shape index (κ1) is 19.1. The number of carbonyl (C=O) groups is 1. The van der Waals surface area contributed by atoms with Gasteiger partial charge in [0.1, 0.15) is 6.04 Å². The predicted octanol–water partition coefficient (Wildman–Crippen LogP) is 3.48. The maximum atomic E-state index is 13.3. The maximum Gasteiger partial charge on any atom is 0.244 e. The van der Waals surface area contributed by atoms with E-state index >= 15 is 0 Å². The van der Waals surface area contributed by atoms with Gasteiger partial charge in [-0.3, -0.25) is 14.6 Å². The van der Waals surface area contributed by atoms with Gasteiger partial charge in [-0.2, -0.15) is 0 Å². The molecule has 1 aromatic heterocycles. The van der Waals surface area contributed by atoms with Crippen LogP contribution in [0.1, 0.15) is 29.8 Å². The van der Waals surface area contributed by atoms with Crippen LogP contribution in [0.2, 0.25) is 0 Å². The fourth-order valence-corrected chi connectivity index (χ4v) is 4.29. The summed E-state index contributed by atoms with van der Waals surface area (Å²) in [5, 5.41) is 2.13. The fraction of sp³-hybridized carbons (Fsp3) is 0.476. The van der Waals surface area contributed by atoms with Gasteiger partial charge in [0.05, 0.1) is 0 Å². The number of benzene rings is 1. The van der Waals surface area contributed by atoms with Crippen LogP contribution in [0.4, 0.5) is 0 Å². The van der Waals surface area contributed by atoms with Crippen LogP contribution < -0.4 is 0 Å². The Morgan fingerprint density at radius 2 is 1.92 bits per heavy atom. The van der Waals surface area contributed by atoms with Crippen molar-refractivity contribution in [3.05, 3.63) is 58.3 Å². The fourth-order valence-electron chi connectivity index (χ4n) is 3.55. The summed E-state index contributed by atoms with van der Waals surface area (Å²) in [5.74, 6) is 0.235. The van der Waals surface area contributed by atoms with E-state index in [1.807, 2.05) is 36.6 Å². The second-order valence-electron chi connectivity index (χ2n) is 6.92. The van der Waals surface area contributed by atoms with Crippen LogP contribution in [-0.4, -0.2) is 60.4 Å². The Hall–Kier alpha value is -1.69. The minimum absolute atomic E-state index is 0.190. The van der Waals surface area contributed by atoms with E-state index in [1.54, 1.807) is 0 Å². The monoisotopic (exact) mass is 371 g/mol. The molecule has 1 aromatic carbocycles. The number of carbonyl (C=O) groups excluding carboxylic acids is 1. The van der Waals surface area contributed by atoms with Gasteiger partial charge in [-0.15, -0.1) is 11.3 Å². The van der Waals surface area contributed by atoms with Crippen molar-refractivity contribution in [2.24, 2.45) is 0 Å². The molecule has 140 valence electrons. The molecule has 1 aliphatic rings. The van der Waals surface area contributed by atoms with Crippen molar-refractivity contribution in [3.8, 4) is 0 Å². The van der Waals surface area contributed by atoms with E-state index in [4.69, 9.17) is 0 Å². The van der Waals surface area contributed by atoms with Crippen LogP contribution in [-0.2, 0) is 11.3 Å². The molecule has 1 unspecified atom stereocenters. The summed E-state index contributed by atoms with van der Waals surface area (Å²) < 4.78 is 0. The molecule has 1 fully saturated rings. The molecule has 2 heterocycles. The number of nitrogens with zero attached hydrogens (tertiary/aromatic N) is 3. The lowest BCUT2D eigenvalue weighted by Gasteiger charge is -2.32. The highest BCUT2D eigenvalue weighted by Gasteiger charge is 2.29. The van der Waals surface area contributed by atoms with Gasteiger partial charge in [0.25, 0.3) is 0 Å². The molecule has 2 aromatic rings. The molecule has 0 N–H and O–H groups in total. The lowest BCUT2D eigenvalue weighted by molar-refractivity contribution is -0.136. The molecule has 5 heteroatoms. The van der Waals surface area contributed by atoms with Crippen molar-refractivity contribution in [1.82, 2.24) is 14.7 Å². The molecule has 3 rings (SSSR count). The summed E-state index contributed by atoms with van der Waals surface area (Å²) in [6.45, 7) is 7.61. The smallest absolute Gasteiger partial charge is 0.244 e. The molecule has 1 saturated heterocycles. The first-order valence-electron chi connectivity index (χ1n) is 9.47. The zero-order valence-electron chi connectivity index (χ0n) is 15.8. The van der Waals surface area contributed by atoms with Crippen molar-refractivity contribution in [1.29, 1.82) is 0 Å². The van der Waals surface area contributed by atoms with Crippen LogP contribution in [0.3, 0.4) is 0 Å². The summed E-state index contributed by atoms with van der Waals surface area (Å²) >= 11 is 1.81. The molecular formula is C21H29N3OS. The molecule has 1 amide bonds. The van der Waals surface area contributed by atoms with Gasteiger partial charge in [-0.1, -0.05) is 43.3 Å². The van der Waals surface area contributed by atoms with Crippen molar-refractivity contribution in [2.75, 3.05) is 39.8 Å². The molecule has 0 bridgehead atoms. The average Bonchev–Trinajstić information content (AvgIpc) is 3.06. The largest absolute Gasteiger partial charge is 0.340 e.